The number of aromatic amines is 1. The molecule has 0 fully saturated rings. The molecule has 0 saturated heterocycles. The lowest BCUT2D eigenvalue weighted by molar-refractivity contribution is -0.116. The van der Waals surface area contributed by atoms with Crippen LogP contribution < -0.4 is 10.9 Å². The topological polar surface area (TPSA) is 66.9 Å². The van der Waals surface area contributed by atoms with E-state index in [9.17, 15) is 14.0 Å². The molecule has 134 valence electrons. The number of amides is 1. The molecule has 0 radical (unpaired) electrons. The van der Waals surface area contributed by atoms with Crippen molar-refractivity contribution in [3.05, 3.63) is 81.5 Å². The predicted molar refractivity (Wildman–Crippen MR) is 99.2 cm³/mol. The number of nitrogens with zero attached hydrogens (tertiary/aromatic N) is 1. The van der Waals surface area contributed by atoms with Gasteiger partial charge in [0.05, 0.1) is 5.69 Å². The molecule has 1 heterocycles. The van der Waals surface area contributed by atoms with Crippen LogP contribution >= 0.6 is 0 Å². The van der Waals surface area contributed by atoms with E-state index < -0.39 is 0 Å². The van der Waals surface area contributed by atoms with Gasteiger partial charge >= 0.3 is 0 Å². The van der Waals surface area contributed by atoms with Crippen LogP contribution in [-0.2, 0) is 11.2 Å². The van der Waals surface area contributed by atoms with Crippen LogP contribution in [-0.4, -0.2) is 15.7 Å². The second-order valence-corrected chi connectivity index (χ2v) is 6.25. The van der Waals surface area contributed by atoms with Crippen molar-refractivity contribution in [2.24, 2.45) is 0 Å². The van der Waals surface area contributed by atoms with Gasteiger partial charge in [-0.15, -0.1) is 0 Å². The smallest absolute Gasteiger partial charge is 0.274 e. The molecular formula is C20H20FN3O2. The van der Waals surface area contributed by atoms with E-state index in [0.29, 0.717) is 23.4 Å². The highest BCUT2D eigenvalue weighted by atomic mass is 19.1. The molecule has 2 aromatic carbocycles. The van der Waals surface area contributed by atoms with Crippen LogP contribution in [0.3, 0.4) is 0 Å². The van der Waals surface area contributed by atoms with E-state index in [0.717, 1.165) is 11.3 Å². The van der Waals surface area contributed by atoms with Crippen molar-refractivity contribution in [2.75, 3.05) is 5.32 Å². The SMILES string of the molecule is Cc1ccc(NC(=O)CCc2c(C)[nH]n(-c3ccc(F)cc3)c2=O)cc1. The average Bonchev–Trinajstić information content (AvgIpc) is 2.90. The fourth-order valence-electron chi connectivity index (χ4n) is 2.75. The Morgan fingerprint density at radius 3 is 2.38 bits per heavy atom. The third-order valence-electron chi connectivity index (χ3n) is 4.22. The first-order valence-corrected chi connectivity index (χ1v) is 8.37. The van der Waals surface area contributed by atoms with Crippen LogP contribution in [0.5, 0.6) is 0 Å². The van der Waals surface area contributed by atoms with Crippen molar-refractivity contribution < 1.29 is 9.18 Å². The summed E-state index contributed by atoms with van der Waals surface area (Å²) < 4.78 is 14.4. The molecule has 0 bridgehead atoms. The van der Waals surface area contributed by atoms with Crippen LogP contribution in [0, 0.1) is 19.7 Å². The molecule has 1 aromatic heterocycles. The van der Waals surface area contributed by atoms with Crippen LogP contribution in [0.1, 0.15) is 23.2 Å². The minimum absolute atomic E-state index is 0.151. The van der Waals surface area contributed by atoms with E-state index in [1.807, 2.05) is 31.2 Å². The molecule has 0 atom stereocenters. The molecule has 6 heteroatoms. The Hall–Kier alpha value is -3.15. The van der Waals surface area contributed by atoms with Gasteiger partial charge in [0.1, 0.15) is 5.82 Å². The molecule has 0 aliphatic carbocycles. The van der Waals surface area contributed by atoms with Crippen molar-refractivity contribution in [3.8, 4) is 5.69 Å². The first-order chi connectivity index (χ1) is 12.4. The highest BCUT2D eigenvalue weighted by Gasteiger charge is 2.14. The third-order valence-corrected chi connectivity index (χ3v) is 4.22. The van der Waals surface area contributed by atoms with Gasteiger partial charge in [0.15, 0.2) is 0 Å². The molecule has 1 amide bonds. The average molecular weight is 353 g/mol. The number of aromatic nitrogens is 2. The van der Waals surface area contributed by atoms with Crippen molar-refractivity contribution >= 4 is 11.6 Å². The van der Waals surface area contributed by atoms with Gasteiger partial charge in [-0.05, 0) is 56.7 Å². The van der Waals surface area contributed by atoms with Gasteiger partial charge in [-0.1, -0.05) is 17.7 Å². The van der Waals surface area contributed by atoms with E-state index in [-0.39, 0.29) is 23.7 Å². The minimum Gasteiger partial charge on any atom is -0.326 e. The molecule has 0 aliphatic rings. The summed E-state index contributed by atoms with van der Waals surface area (Å²) >= 11 is 0. The highest BCUT2D eigenvalue weighted by Crippen LogP contribution is 2.12. The molecular weight excluding hydrogens is 333 g/mol. The molecule has 0 spiro atoms. The Kier molecular flexibility index (Phi) is 5.02. The monoisotopic (exact) mass is 353 g/mol. The Morgan fingerprint density at radius 2 is 1.73 bits per heavy atom. The summed E-state index contributed by atoms with van der Waals surface area (Å²) in [4.78, 5) is 24.7. The summed E-state index contributed by atoms with van der Waals surface area (Å²) in [5.41, 5.74) is 3.42. The maximum absolute atomic E-state index is 13.1. The quantitative estimate of drug-likeness (QED) is 0.737. The number of hydrogen-bond acceptors (Lipinski definition) is 2. The lowest BCUT2D eigenvalue weighted by atomic mass is 10.1. The molecule has 2 N–H and O–H groups in total. The summed E-state index contributed by atoms with van der Waals surface area (Å²) in [6.45, 7) is 3.76. The van der Waals surface area contributed by atoms with Gasteiger partial charge in [0.25, 0.3) is 5.56 Å². The number of aryl methyl sites for hydroxylation is 2. The van der Waals surface area contributed by atoms with Crippen molar-refractivity contribution in [1.29, 1.82) is 0 Å². The fourth-order valence-corrected chi connectivity index (χ4v) is 2.75. The number of carbonyl (C=O) groups is 1. The van der Waals surface area contributed by atoms with E-state index in [4.69, 9.17) is 0 Å². The Morgan fingerprint density at radius 1 is 1.08 bits per heavy atom. The first-order valence-electron chi connectivity index (χ1n) is 8.37. The van der Waals surface area contributed by atoms with Gasteiger partial charge in [-0.2, -0.15) is 0 Å². The number of nitrogens with one attached hydrogen (secondary N) is 2. The summed E-state index contributed by atoms with van der Waals surface area (Å²) in [5, 5.41) is 5.80. The number of carbonyl (C=O) groups excluding carboxylic acids is 1. The van der Waals surface area contributed by atoms with E-state index in [1.165, 1.54) is 28.9 Å². The van der Waals surface area contributed by atoms with Crippen LogP contribution in [0.15, 0.2) is 53.3 Å². The Bertz CT molecular complexity index is 970. The number of anilines is 1. The Labute approximate surface area is 150 Å². The second kappa shape index (κ2) is 7.39. The number of rotatable bonds is 5. The summed E-state index contributed by atoms with van der Waals surface area (Å²) in [6.07, 6.45) is 0.526. The van der Waals surface area contributed by atoms with Crippen LogP contribution in [0.25, 0.3) is 5.69 Å². The largest absolute Gasteiger partial charge is 0.326 e. The van der Waals surface area contributed by atoms with E-state index >= 15 is 0 Å². The number of halogens is 1. The lowest BCUT2D eigenvalue weighted by Crippen LogP contribution is -2.19. The predicted octanol–water partition coefficient (Wildman–Crippen LogP) is 3.49. The summed E-state index contributed by atoms with van der Waals surface area (Å²) in [7, 11) is 0. The second-order valence-electron chi connectivity index (χ2n) is 6.25. The molecule has 0 aliphatic heterocycles. The number of H-pyrrole nitrogens is 1. The molecule has 3 aromatic rings. The minimum atomic E-state index is -0.363. The van der Waals surface area contributed by atoms with E-state index in [2.05, 4.69) is 10.4 Å². The summed E-state index contributed by atoms with van der Waals surface area (Å²) in [5.74, 6) is -0.514. The highest BCUT2D eigenvalue weighted by molar-refractivity contribution is 5.90. The Balaban J connectivity index is 1.70. The number of benzene rings is 2. The molecule has 0 saturated carbocycles. The first kappa shape index (κ1) is 17.7. The third kappa shape index (κ3) is 3.91. The molecule has 5 nitrogen and oxygen atoms in total. The van der Waals surface area contributed by atoms with Gasteiger partial charge in [0.2, 0.25) is 5.91 Å². The van der Waals surface area contributed by atoms with Gasteiger partial charge < -0.3 is 5.32 Å². The maximum atomic E-state index is 13.1. The molecule has 26 heavy (non-hydrogen) atoms. The zero-order valence-corrected chi connectivity index (χ0v) is 14.7. The van der Waals surface area contributed by atoms with Crippen LogP contribution in [0.2, 0.25) is 0 Å². The van der Waals surface area contributed by atoms with Gasteiger partial charge in [0, 0.05) is 23.4 Å². The lowest BCUT2D eigenvalue weighted by Gasteiger charge is -2.05. The normalized spacial score (nSPS) is 10.7. The standard InChI is InChI=1S/C20H20FN3O2/c1-13-3-7-16(8-4-13)22-19(25)12-11-18-14(2)23-24(20(18)26)17-9-5-15(21)6-10-17/h3-10,23H,11-12H2,1-2H3,(H,22,25). The summed E-state index contributed by atoms with van der Waals surface area (Å²) in [6, 6.07) is 13.2. The maximum Gasteiger partial charge on any atom is 0.274 e. The van der Waals surface area contributed by atoms with Gasteiger partial charge in [-0.25, -0.2) is 9.07 Å². The zero-order chi connectivity index (χ0) is 18.7. The van der Waals surface area contributed by atoms with Gasteiger partial charge in [-0.3, -0.25) is 14.7 Å². The van der Waals surface area contributed by atoms with E-state index in [1.54, 1.807) is 6.92 Å². The zero-order valence-electron chi connectivity index (χ0n) is 14.7. The number of hydrogen-bond donors (Lipinski definition) is 2. The van der Waals surface area contributed by atoms with Crippen LogP contribution in [0.4, 0.5) is 10.1 Å². The van der Waals surface area contributed by atoms with Crippen molar-refractivity contribution in [3.63, 3.8) is 0 Å². The molecule has 3 rings (SSSR count). The fraction of sp³-hybridized carbons (Fsp3) is 0.200. The van der Waals surface area contributed by atoms with Crippen molar-refractivity contribution in [1.82, 2.24) is 9.78 Å². The van der Waals surface area contributed by atoms with Crippen molar-refractivity contribution in [2.45, 2.75) is 26.7 Å². The molecule has 0 unspecified atom stereocenters.